The Morgan fingerprint density at radius 1 is 0.733 bits per heavy atom. The average Bonchev–Trinajstić information content (AvgIpc) is 2.69. The Kier molecular flexibility index (Phi) is 18.7. The third-order valence-corrected chi connectivity index (χ3v) is 2.34. The normalized spacial score (nSPS) is 8.47. The SMILES string of the molecule is C=CC(=O)O.C=CC(=O)O.C=CC(=O)O.O=c1[nH]c(=O)n(CCO)c(=O)n1CCO. The molecule has 0 spiro atoms. The van der Waals surface area contributed by atoms with Gasteiger partial charge in [0, 0.05) is 18.2 Å². The number of aromatic nitrogens is 3. The molecule has 1 aromatic rings. The number of aromatic amines is 1. The molecule has 0 aromatic carbocycles. The van der Waals surface area contributed by atoms with E-state index in [1.165, 1.54) is 0 Å². The standard InChI is InChI=1S/C7H11N3O5.3C3H4O2/c11-3-1-9-5(13)8-6(14)10(2-4-12)7(9)15;3*1-2-3(4)5/h11-12H,1-4H2,(H,8,13,14);3*2H,1H2,(H,4,5). The molecular formula is C16H23N3O11. The first-order chi connectivity index (χ1) is 13.9. The van der Waals surface area contributed by atoms with E-state index >= 15 is 0 Å². The van der Waals surface area contributed by atoms with Crippen LogP contribution in [-0.4, -0.2) is 70.8 Å². The highest BCUT2D eigenvalue weighted by Crippen LogP contribution is 1.71. The number of aliphatic hydroxyl groups is 2. The summed E-state index contributed by atoms with van der Waals surface area (Å²) in [5.41, 5.74) is -2.58. The van der Waals surface area contributed by atoms with Gasteiger partial charge in [-0.05, 0) is 0 Å². The van der Waals surface area contributed by atoms with E-state index in [0.717, 1.165) is 18.2 Å². The number of nitrogens with one attached hydrogen (secondary N) is 1. The Bertz CT molecular complexity index is 809. The van der Waals surface area contributed by atoms with Gasteiger partial charge in [0.2, 0.25) is 0 Å². The third kappa shape index (κ3) is 16.2. The highest BCUT2D eigenvalue weighted by molar-refractivity contribution is 5.79. The summed E-state index contributed by atoms with van der Waals surface area (Å²) in [6.45, 7) is 7.72. The second kappa shape index (κ2) is 18.3. The summed E-state index contributed by atoms with van der Waals surface area (Å²) in [6.07, 6.45) is 2.50. The summed E-state index contributed by atoms with van der Waals surface area (Å²) in [7, 11) is 0. The number of aliphatic hydroxyl groups excluding tert-OH is 2. The van der Waals surface area contributed by atoms with Crippen LogP contribution in [0.1, 0.15) is 0 Å². The van der Waals surface area contributed by atoms with Gasteiger partial charge in [0.1, 0.15) is 0 Å². The van der Waals surface area contributed by atoms with Gasteiger partial charge in [0.05, 0.1) is 26.3 Å². The van der Waals surface area contributed by atoms with Crippen LogP contribution in [0, 0.1) is 0 Å². The Morgan fingerprint density at radius 2 is 0.967 bits per heavy atom. The second-order valence-electron chi connectivity index (χ2n) is 4.40. The summed E-state index contributed by atoms with van der Waals surface area (Å²) >= 11 is 0. The molecule has 0 fully saturated rings. The summed E-state index contributed by atoms with van der Waals surface area (Å²) < 4.78 is 1.38. The molecule has 0 unspecified atom stereocenters. The molecule has 0 aliphatic heterocycles. The lowest BCUT2D eigenvalue weighted by Crippen LogP contribution is -2.50. The molecular weight excluding hydrogens is 410 g/mol. The van der Waals surface area contributed by atoms with Gasteiger partial charge in [0.25, 0.3) is 0 Å². The first-order valence-electron chi connectivity index (χ1n) is 7.65. The van der Waals surface area contributed by atoms with Crippen LogP contribution in [0.15, 0.2) is 52.3 Å². The van der Waals surface area contributed by atoms with Gasteiger partial charge in [-0.15, -0.1) is 0 Å². The van der Waals surface area contributed by atoms with Crippen molar-refractivity contribution in [2.45, 2.75) is 13.1 Å². The van der Waals surface area contributed by atoms with Crippen LogP contribution in [0.2, 0.25) is 0 Å². The molecule has 0 aliphatic rings. The van der Waals surface area contributed by atoms with E-state index in [-0.39, 0.29) is 26.3 Å². The number of carboxylic acid groups (broad SMARTS) is 3. The molecule has 0 bridgehead atoms. The predicted molar refractivity (Wildman–Crippen MR) is 103 cm³/mol. The maximum atomic E-state index is 11.5. The van der Waals surface area contributed by atoms with Gasteiger partial charge in [-0.3, -0.25) is 4.98 Å². The molecule has 14 nitrogen and oxygen atoms in total. The first-order valence-corrected chi connectivity index (χ1v) is 7.65. The Morgan fingerprint density at radius 3 is 1.13 bits per heavy atom. The van der Waals surface area contributed by atoms with E-state index in [2.05, 4.69) is 19.7 Å². The zero-order valence-corrected chi connectivity index (χ0v) is 15.8. The van der Waals surface area contributed by atoms with Crippen LogP contribution in [0.25, 0.3) is 0 Å². The van der Waals surface area contributed by atoms with Crippen LogP contribution in [0.3, 0.4) is 0 Å². The van der Waals surface area contributed by atoms with Crippen molar-refractivity contribution in [1.82, 2.24) is 14.1 Å². The number of carbonyl (C=O) groups is 3. The van der Waals surface area contributed by atoms with Gasteiger partial charge < -0.3 is 25.5 Å². The van der Waals surface area contributed by atoms with Gasteiger partial charge in [-0.1, -0.05) is 19.7 Å². The van der Waals surface area contributed by atoms with Crippen LogP contribution >= 0.6 is 0 Å². The van der Waals surface area contributed by atoms with Crippen molar-refractivity contribution in [3.05, 3.63) is 69.4 Å². The summed E-state index contributed by atoms with van der Waals surface area (Å²) in [6, 6.07) is 0. The molecule has 30 heavy (non-hydrogen) atoms. The monoisotopic (exact) mass is 433 g/mol. The number of hydrogen-bond donors (Lipinski definition) is 6. The molecule has 0 atom stereocenters. The molecule has 0 saturated heterocycles. The van der Waals surface area contributed by atoms with Gasteiger partial charge in [0.15, 0.2) is 0 Å². The molecule has 1 aromatic heterocycles. The smallest absolute Gasteiger partial charge is 0.336 e. The lowest BCUT2D eigenvalue weighted by molar-refractivity contribution is -0.132. The molecule has 0 saturated carbocycles. The van der Waals surface area contributed by atoms with Crippen molar-refractivity contribution in [1.29, 1.82) is 0 Å². The minimum Gasteiger partial charge on any atom is -0.478 e. The lowest BCUT2D eigenvalue weighted by Gasteiger charge is -2.05. The number of aliphatic carboxylic acids is 3. The fourth-order valence-electron chi connectivity index (χ4n) is 1.14. The second-order valence-corrected chi connectivity index (χ2v) is 4.40. The topological polar surface area (TPSA) is 229 Å². The van der Waals surface area contributed by atoms with Crippen LogP contribution in [0.5, 0.6) is 0 Å². The average molecular weight is 433 g/mol. The van der Waals surface area contributed by atoms with Crippen LogP contribution in [0.4, 0.5) is 0 Å². The molecule has 0 radical (unpaired) electrons. The number of rotatable bonds is 7. The summed E-state index contributed by atoms with van der Waals surface area (Å²) in [4.78, 5) is 63.4. The molecule has 1 rings (SSSR count). The number of H-pyrrole nitrogens is 1. The van der Waals surface area contributed by atoms with Crippen molar-refractivity contribution in [3.63, 3.8) is 0 Å². The van der Waals surface area contributed by atoms with Crippen molar-refractivity contribution in [2.75, 3.05) is 13.2 Å². The van der Waals surface area contributed by atoms with E-state index in [4.69, 9.17) is 25.5 Å². The summed E-state index contributed by atoms with van der Waals surface area (Å²) in [5.74, 6) is -2.94. The number of hydrogen-bond acceptors (Lipinski definition) is 8. The largest absolute Gasteiger partial charge is 0.478 e. The maximum Gasteiger partial charge on any atom is 0.336 e. The van der Waals surface area contributed by atoms with Gasteiger partial charge in [-0.2, -0.15) is 0 Å². The van der Waals surface area contributed by atoms with Crippen molar-refractivity contribution < 1.29 is 39.9 Å². The minimum absolute atomic E-state index is 0.195. The highest BCUT2D eigenvalue weighted by Gasteiger charge is 2.08. The zero-order valence-electron chi connectivity index (χ0n) is 15.8. The quantitative estimate of drug-likeness (QED) is 0.245. The number of carboxylic acids is 3. The molecule has 0 amide bonds. The van der Waals surface area contributed by atoms with Crippen LogP contribution in [-0.2, 0) is 27.5 Å². The number of nitrogens with zero attached hydrogens (tertiary/aromatic N) is 2. The first kappa shape index (κ1) is 30.7. The fraction of sp³-hybridized carbons (Fsp3) is 0.250. The van der Waals surface area contributed by atoms with Crippen molar-refractivity contribution in [3.8, 4) is 0 Å². The third-order valence-electron chi connectivity index (χ3n) is 2.34. The van der Waals surface area contributed by atoms with E-state index in [1.807, 2.05) is 4.98 Å². The minimum atomic E-state index is -0.981. The van der Waals surface area contributed by atoms with Gasteiger partial charge in [-0.25, -0.2) is 37.9 Å². The van der Waals surface area contributed by atoms with E-state index in [9.17, 15) is 28.8 Å². The van der Waals surface area contributed by atoms with Gasteiger partial charge >= 0.3 is 35.0 Å². The maximum absolute atomic E-state index is 11.5. The molecule has 14 heteroatoms. The van der Waals surface area contributed by atoms with E-state index < -0.39 is 35.0 Å². The van der Waals surface area contributed by atoms with Crippen molar-refractivity contribution in [2.24, 2.45) is 0 Å². The van der Waals surface area contributed by atoms with Crippen molar-refractivity contribution >= 4 is 17.9 Å². The van der Waals surface area contributed by atoms with E-state index in [1.54, 1.807) is 0 Å². The lowest BCUT2D eigenvalue weighted by atomic mass is 10.6. The predicted octanol–water partition coefficient (Wildman–Crippen LogP) is -2.55. The molecule has 0 aliphatic carbocycles. The Labute approximate surface area is 168 Å². The summed E-state index contributed by atoms with van der Waals surface area (Å²) in [5, 5.41) is 40.0. The molecule has 1 heterocycles. The van der Waals surface area contributed by atoms with E-state index in [0.29, 0.717) is 9.13 Å². The van der Waals surface area contributed by atoms with Crippen LogP contribution < -0.4 is 17.1 Å². The highest BCUT2D eigenvalue weighted by atomic mass is 16.4. The Balaban J connectivity index is -0.000000400. The Hall–Kier alpha value is -4.04. The molecule has 168 valence electrons. The molecule has 6 N–H and O–H groups in total. The fourth-order valence-corrected chi connectivity index (χ4v) is 1.14. The zero-order chi connectivity index (χ0) is 24.3.